The molecular formula is C40H46N2O6. The molecule has 0 unspecified atom stereocenters. The highest BCUT2D eigenvalue weighted by molar-refractivity contribution is 6.39. The molecule has 5 rings (SSSR count). The van der Waals surface area contributed by atoms with Crippen LogP contribution in [0, 0.1) is 0 Å². The average Bonchev–Trinajstić information content (AvgIpc) is 3.05. The maximum atomic E-state index is 13.5. The van der Waals surface area contributed by atoms with Crippen molar-refractivity contribution >= 4 is 66.8 Å². The van der Waals surface area contributed by atoms with Gasteiger partial charge in [-0.3, -0.25) is 9.59 Å². The minimum Gasteiger partial charge on any atom is -0.478 e. The van der Waals surface area contributed by atoms with E-state index < -0.39 is 23.8 Å². The molecule has 252 valence electrons. The number of aromatic carboxylic acids is 2. The molecule has 0 saturated carbocycles. The first-order valence-electron chi connectivity index (χ1n) is 17.4. The van der Waals surface area contributed by atoms with Crippen molar-refractivity contribution in [3.63, 3.8) is 0 Å². The number of aryl methyl sites for hydroxylation is 1. The van der Waals surface area contributed by atoms with Gasteiger partial charge in [-0.25, -0.2) is 9.59 Å². The first kappa shape index (κ1) is 34.6. The lowest BCUT2D eigenvalue weighted by Gasteiger charge is -2.25. The van der Waals surface area contributed by atoms with Gasteiger partial charge in [0, 0.05) is 16.3 Å². The smallest absolute Gasteiger partial charge is 0.336 e. The summed E-state index contributed by atoms with van der Waals surface area (Å²) in [5, 5.41) is 25.0. The average molecular weight is 651 g/mol. The van der Waals surface area contributed by atoms with Crippen molar-refractivity contribution in [2.45, 2.75) is 104 Å². The van der Waals surface area contributed by atoms with Crippen LogP contribution in [0.1, 0.15) is 143 Å². The molecule has 8 heteroatoms. The van der Waals surface area contributed by atoms with Gasteiger partial charge in [-0.05, 0) is 87.3 Å². The summed E-state index contributed by atoms with van der Waals surface area (Å²) in [6.45, 7) is 4.36. The van der Waals surface area contributed by atoms with Gasteiger partial charge in [-0.15, -0.1) is 0 Å². The first-order valence-corrected chi connectivity index (χ1v) is 17.4. The van der Waals surface area contributed by atoms with E-state index in [-0.39, 0.29) is 22.1 Å². The van der Waals surface area contributed by atoms with Gasteiger partial charge in [0.1, 0.15) is 0 Å². The van der Waals surface area contributed by atoms with Crippen molar-refractivity contribution in [2.75, 3.05) is 0 Å². The third-order valence-electron chi connectivity index (χ3n) is 9.93. The van der Waals surface area contributed by atoms with Gasteiger partial charge in [-0.1, -0.05) is 96.3 Å². The number of unbranched alkanes of at least 4 members (excludes halogenated alkanes) is 10. The van der Waals surface area contributed by atoms with Crippen LogP contribution in [-0.4, -0.2) is 34.0 Å². The third kappa shape index (κ3) is 6.40. The second-order valence-corrected chi connectivity index (χ2v) is 13.1. The van der Waals surface area contributed by atoms with Gasteiger partial charge in [-0.2, -0.15) is 0 Å². The second-order valence-electron chi connectivity index (χ2n) is 13.1. The van der Waals surface area contributed by atoms with E-state index in [9.17, 15) is 29.4 Å². The summed E-state index contributed by atoms with van der Waals surface area (Å²) >= 11 is 0. The Morgan fingerprint density at radius 2 is 0.938 bits per heavy atom. The van der Waals surface area contributed by atoms with Crippen LogP contribution in [0.4, 0.5) is 0 Å². The normalized spacial score (nSPS) is 11.7. The van der Waals surface area contributed by atoms with E-state index >= 15 is 0 Å². The lowest BCUT2D eigenvalue weighted by atomic mass is 9.78. The van der Waals surface area contributed by atoms with Crippen LogP contribution >= 0.6 is 0 Å². The molecule has 0 radical (unpaired) electrons. The lowest BCUT2D eigenvalue weighted by Crippen LogP contribution is -2.20. The zero-order chi connectivity index (χ0) is 34.5. The van der Waals surface area contributed by atoms with E-state index in [0.29, 0.717) is 50.7 Å². The standard InChI is InChI=1S/C40H46N2O6/c1-3-5-7-9-11-13-15-23-24(16-14-12-10-8-6-4-2)36(38(42)44)35-28(37(41)43)20-17-26-25-18-21-29(39(45)46)33-30(40(47)48)22-19-27(31(25)33)32(23)34(26)35/h17-22H,3-16H2,1-2H3,(H2,41,43)(H2,42,44)(H,45,46)(H,47,48). The fourth-order valence-corrected chi connectivity index (χ4v) is 7.73. The Hall–Kier alpha value is -4.72. The number of carboxylic acids is 2. The minimum atomic E-state index is -1.22. The van der Waals surface area contributed by atoms with Gasteiger partial charge in [0.05, 0.1) is 16.7 Å². The number of amides is 2. The molecule has 0 fully saturated rings. The van der Waals surface area contributed by atoms with Crippen LogP contribution in [0.5, 0.6) is 0 Å². The van der Waals surface area contributed by atoms with Gasteiger partial charge >= 0.3 is 11.9 Å². The number of benzene rings is 5. The maximum Gasteiger partial charge on any atom is 0.336 e. The molecule has 0 aliphatic heterocycles. The number of hydrogen-bond acceptors (Lipinski definition) is 4. The zero-order valence-electron chi connectivity index (χ0n) is 28.0. The van der Waals surface area contributed by atoms with Gasteiger partial charge in [0.2, 0.25) is 11.8 Å². The number of nitrogens with two attached hydrogens (primary N) is 2. The van der Waals surface area contributed by atoms with E-state index in [1.807, 2.05) is 0 Å². The molecule has 0 heterocycles. The van der Waals surface area contributed by atoms with Crippen LogP contribution in [-0.2, 0) is 12.8 Å². The van der Waals surface area contributed by atoms with Crippen LogP contribution in [0.2, 0.25) is 0 Å². The van der Waals surface area contributed by atoms with Crippen molar-refractivity contribution < 1.29 is 29.4 Å². The highest BCUT2D eigenvalue weighted by Crippen LogP contribution is 2.47. The molecule has 0 aliphatic rings. The number of fused-ring (bicyclic) bond motifs is 2. The predicted molar refractivity (Wildman–Crippen MR) is 193 cm³/mol. The van der Waals surface area contributed by atoms with Crippen LogP contribution in [0.15, 0.2) is 36.4 Å². The molecule has 8 nitrogen and oxygen atoms in total. The Kier molecular flexibility index (Phi) is 10.8. The topological polar surface area (TPSA) is 161 Å². The first-order chi connectivity index (χ1) is 23.1. The molecule has 0 atom stereocenters. The predicted octanol–water partition coefficient (Wildman–Crippen LogP) is 9.14. The molecular weight excluding hydrogens is 604 g/mol. The van der Waals surface area contributed by atoms with Crippen LogP contribution in [0.25, 0.3) is 43.1 Å². The Bertz CT molecular complexity index is 2010. The largest absolute Gasteiger partial charge is 0.478 e. The fraction of sp³-hybridized carbons (Fsp3) is 0.400. The molecule has 0 aliphatic carbocycles. The Morgan fingerprint density at radius 1 is 0.479 bits per heavy atom. The maximum absolute atomic E-state index is 13.5. The van der Waals surface area contributed by atoms with Gasteiger partial charge in [0.25, 0.3) is 0 Å². The number of carboxylic acid groups (broad SMARTS) is 2. The van der Waals surface area contributed by atoms with Gasteiger partial charge in [0.15, 0.2) is 0 Å². The van der Waals surface area contributed by atoms with E-state index in [0.717, 1.165) is 80.7 Å². The molecule has 0 spiro atoms. The number of hydrogen-bond donors (Lipinski definition) is 4. The Balaban J connectivity index is 1.93. The highest BCUT2D eigenvalue weighted by atomic mass is 16.4. The van der Waals surface area contributed by atoms with Crippen molar-refractivity contribution in [1.29, 1.82) is 0 Å². The summed E-state index contributed by atoms with van der Waals surface area (Å²) < 4.78 is 0. The Labute approximate surface area is 280 Å². The van der Waals surface area contributed by atoms with Crippen molar-refractivity contribution in [3.8, 4) is 0 Å². The van der Waals surface area contributed by atoms with Crippen LogP contribution < -0.4 is 11.5 Å². The van der Waals surface area contributed by atoms with E-state index in [4.69, 9.17) is 11.5 Å². The number of rotatable bonds is 18. The molecule has 5 aromatic carbocycles. The van der Waals surface area contributed by atoms with Crippen LogP contribution in [0.3, 0.4) is 0 Å². The summed E-state index contributed by atoms with van der Waals surface area (Å²) in [5.41, 5.74) is 14.3. The summed E-state index contributed by atoms with van der Waals surface area (Å²) in [6, 6.07) is 9.69. The third-order valence-corrected chi connectivity index (χ3v) is 9.93. The molecule has 2 amide bonds. The van der Waals surface area contributed by atoms with Gasteiger partial charge < -0.3 is 21.7 Å². The second kappa shape index (κ2) is 15.0. The lowest BCUT2D eigenvalue weighted by molar-refractivity contribution is 0.0695. The molecule has 48 heavy (non-hydrogen) atoms. The monoisotopic (exact) mass is 650 g/mol. The molecule has 0 bridgehead atoms. The number of carbonyl (C=O) groups is 4. The SMILES string of the molecule is CCCCCCCCc1c(C(N)=O)c2c(C(N)=O)ccc3c4ccc(C(=O)O)c5c(C(=O)O)ccc(c(c1CCCCCCCC)c23)c54. The zero-order valence-corrected chi connectivity index (χ0v) is 28.0. The van der Waals surface area contributed by atoms with E-state index in [1.165, 1.54) is 25.0 Å². The molecule has 6 N–H and O–H groups in total. The summed E-state index contributed by atoms with van der Waals surface area (Å²) in [4.78, 5) is 51.5. The minimum absolute atomic E-state index is 0.0972. The van der Waals surface area contributed by atoms with Crippen molar-refractivity contribution in [2.24, 2.45) is 11.5 Å². The Morgan fingerprint density at radius 3 is 1.44 bits per heavy atom. The molecule has 0 saturated heterocycles. The highest BCUT2D eigenvalue weighted by Gasteiger charge is 2.29. The molecule has 0 aromatic heterocycles. The quantitative estimate of drug-likeness (QED) is 0.0420. The van der Waals surface area contributed by atoms with E-state index in [1.54, 1.807) is 24.3 Å². The summed E-state index contributed by atoms with van der Waals surface area (Å²) in [5.74, 6) is -3.74. The summed E-state index contributed by atoms with van der Waals surface area (Å²) in [7, 11) is 0. The van der Waals surface area contributed by atoms with E-state index in [2.05, 4.69) is 13.8 Å². The number of primary amides is 2. The molecule has 5 aromatic rings. The van der Waals surface area contributed by atoms with Crippen molar-refractivity contribution in [3.05, 3.63) is 69.8 Å². The fourth-order valence-electron chi connectivity index (χ4n) is 7.73. The summed E-state index contributed by atoms with van der Waals surface area (Å²) in [6.07, 6.45) is 14.0. The van der Waals surface area contributed by atoms with Crippen molar-refractivity contribution in [1.82, 2.24) is 0 Å². The number of carbonyl (C=O) groups excluding carboxylic acids is 2.